The molecule has 0 saturated heterocycles. The zero-order chi connectivity index (χ0) is 9.14. The Bertz CT molecular complexity index is 301. The molecular weight excluding hydrogens is 176 g/mol. The molecule has 0 aliphatic rings. The Labute approximate surface area is 75.6 Å². The van der Waals surface area contributed by atoms with Crippen LogP contribution in [0.5, 0.6) is 0 Å². The molecule has 0 aromatic carbocycles. The fourth-order valence-corrected chi connectivity index (χ4v) is 0.976. The maximum atomic E-state index is 10.8. The number of Topliss-reactive ketones (excluding diaryl/α,β-unsaturated/α-hetero) is 1. The zero-order valence-electron chi connectivity index (χ0n) is 6.62. The fourth-order valence-electron chi connectivity index (χ4n) is 0.805. The highest BCUT2D eigenvalue weighted by molar-refractivity contribution is 6.29. The maximum absolute atomic E-state index is 10.8. The van der Waals surface area contributed by atoms with Crippen LogP contribution in [0.3, 0.4) is 0 Å². The van der Waals surface area contributed by atoms with Crippen molar-refractivity contribution in [1.29, 1.82) is 0 Å². The third kappa shape index (κ3) is 2.03. The summed E-state index contributed by atoms with van der Waals surface area (Å²) in [5.74, 6) is -0.121. The second kappa shape index (κ2) is 3.65. The first kappa shape index (κ1) is 9.16. The number of carbonyl (C=O) groups is 1. The van der Waals surface area contributed by atoms with E-state index in [-0.39, 0.29) is 5.78 Å². The number of nitrogens with two attached hydrogens (primary N) is 1. The Hall–Kier alpha value is -0.930. The zero-order valence-corrected chi connectivity index (χ0v) is 7.38. The second-order valence-corrected chi connectivity index (χ2v) is 2.86. The summed E-state index contributed by atoms with van der Waals surface area (Å²) >= 11 is 5.62. The van der Waals surface area contributed by atoms with Crippen LogP contribution >= 0.6 is 11.6 Å². The summed E-state index contributed by atoms with van der Waals surface area (Å²) in [6, 6.07) is 4.37. The van der Waals surface area contributed by atoms with Crippen LogP contribution in [0, 0.1) is 0 Å². The molecule has 0 aliphatic heterocycles. The van der Waals surface area contributed by atoms with E-state index in [2.05, 4.69) is 4.98 Å². The van der Waals surface area contributed by atoms with Gasteiger partial charge in [0.15, 0.2) is 5.78 Å². The predicted molar refractivity (Wildman–Crippen MR) is 46.9 cm³/mol. The normalized spacial score (nSPS) is 12.6. The van der Waals surface area contributed by atoms with Crippen molar-refractivity contribution in [2.45, 2.75) is 13.0 Å². The lowest BCUT2D eigenvalue weighted by molar-refractivity contribution is -0.118. The van der Waals surface area contributed by atoms with Gasteiger partial charge in [-0.15, -0.1) is 0 Å². The summed E-state index contributed by atoms with van der Waals surface area (Å²) in [4.78, 5) is 14.8. The number of nitrogens with zero attached hydrogens (tertiary/aromatic N) is 1. The van der Waals surface area contributed by atoms with Crippen molar-refractivity contribution in [1.82, 2.24) is 4.98 Å². The van der Waals surface area contributed by atoms with Gasteiger partial charge < -0.3 is 5.73 Å². The highest BCUT2D eigenvalue weighted by atomic mass is 35.5. The van der Waals surface area contributed by atoms with Crippen LogP contribution in [-0.4, -0.2) is 10.8 Å². The largest absolute Gasteiger partial charge is 0.317 e. The van der Waals surface area contributed by atoms with Crippen molar-refractivity contribution in [2.24, 2.45) is 5.73 Å². The Morgan fingerprint density at radius 3 is 2.83 bits per heavy atom. The smallest absolute Gasteiger partial charge is 0.152 e. The second-order valence-electron chi connectivity index (χ2n) is 2.47. The molecule has 0 aliphatic carbocycles. The number of pyridine rings is 1. The maximum Gasteiger partial charge on any atom is 0.152 e. The van der Waals surface area contributed by atoms with E-state index in [1.165, 1.54) is 6.92 Å². The molecule has 64 valence electrons. The minimum Gasteiger partial charge on any atom is -0.317 e. The van der Waals surface area contributed by atoms with Gasteiger partial charge in [0.2, 0.25) is 0 Å². The standard InChI is InChI=1S/C8H9ClN2O/c1-5(12)8(10)6-3-2-4-7(9)11-6/h2-4,8H,10H2,1H3. The van der Waals surface area contributed by atoms with E-state index in [9.17, 15) is 4.79 Å². The van der Waals surface area contributed by atoms with Gasteiger partial charge in [-0.3, -0.25) is 4.79 Å². The lowest BCUT2D eigenvalue weighted by Gasteiger charge is -2.05. The van der Waals surface area contributed by atoms with E-state index in [1.54, 1.807) is 18.2 Å². The average molecular weight is 185 g/mol. The lowest BCUT2D eigenvalue weighted by Crippen LogP contribution is -2.19. The molecule has 1 aromatic heterocycles. The first-order valence-corrected chi connectivity index (χ1v) is 3.87. The van der Waals surface area contributed by atoms with Crippen LogP contribution < -0.4 is 5.73 Å². The minimum atomic E-state index is -0.663. The van der Waals surface area contributed by atoms with Gasteiger partial charge >= 0.3 is 0 Å². The molecule has 1 aromatic rings. The van der Waals surface area contributed by atoms with Gasteiger partial charge in [0.05, 0.1) is 5.69 Å². The van der Waals surface area contributed by atoms with Crippen LogP contribution in [-0.2, 0) is 4.79 Å². The number of aromatic nitrogens is 1. The van der Waals surface area contributed by atoms with Crippen LogP contribution in [0.1, 0.15) is 18.7 Å². The topological polar surface area (TPSA) is 56.0 Å². The molecule has 0 radical (unpaired) electrons. The summed E-state index contributed by atoms with van der Waals surface area (Å²) in [5, 5.41) is 0.351. The predicted octanol–water partition coefficient (Wildman–Crippen LogP) is 1.32. The molecule has 0 fully saturated rings. The van der Waals surface area contributed by atoms with Gasteiger partial charge in [0.1, 0.15) is 11.2 Å². The van der Waals surface area contributed by atoms with Gasteiger partial charge in [-0.25, -0.2) is 4.98 Å². The fraction of sp³-hybridized carbons (Fsp3) is 0.250. The number of ketones is 1. The van der Waals surface area contributed by atoms with E-state index >= 15 is 0 Å². The summed E-state index contributed by atoms with van der Waals surface area (Å²) in [6.07, 6.45) is 0. The van der Waals surface area contributed by atoms with Crippen molar-refractivity contribution >= 4 is 17.4 Å². The molecule has 0 saturated carbocycles. The molecule has 12 heavy (non-hydrogen) atoms. The van der Waals surface area contributed by atoms with Gasteiger partial charge in [-0.2, -0.15) is 0 Å². The monoisotopic (exact) mass is 184 g/mol. The lowest BCUT2D eigenvalue weighted by atomic mass is 10.1. The molecule has 3 nitrogen and oxygen atoms in total. The molecule has 1 atom stereocenters. The van der Waals surface area contributed by atoms with E-state index in [0.29, 0.717) is 10.8 Å². The van der Waals surface area contributed by atoms with Gasteiger partial charge in [-0.1, -0.05) is 17.7 Å². The molecule has 0 bridgehead atoms. The quantitative estimate of drug-likeness (QED) is 0.706. The average Bonchev–Trinajstić information content (AvgIpc) is 2.03. The molecule has 0 spiro atoms. The molecule has 1 unspecified atom stereocenters. The van der Waals surface area contributed by atoms with Crippen molar-refractivity contribution in [2.75, 3.05) is 0 Å². The first-order chi connectivity index (χ1) is 5.61. The first-order valence-electron chi connectivity index (χ1n) is 3.50. The molecule has 1 rings (SSSR count). The van der Waals surface area contributed by atoms with Gasteiger partial charge in [0, 0.05) is 0 Å². The van der Waals surface area contributed by atoms with Crippen LogP contribution in [0.4, 0.5) is 0 Å². The third-order valence-electron chi connectivity index (χ3n) is 1.49. The van der Waals surface area contributed by atoms with Crippen molar-refractivity contribution in [3.8, 4) is 0 Å². The Kier molecular flexibility index (Phi) is 2.78. The molecule has 2 N–H and O–H groups in total. The van der Waals surface area contributed by atoms with Gasteiger partial charge in [0.25, 0.3) is 0 Å². The van der Waals surface area contributed by atoms with E-state index in [4.69, 9.17) is 17.3 Å². The van der Waals surface area contributed by atoms with E-state index < -0.39 is 6.04 Å². The van der Waals surface area contributed by atoms with Gasteiger partial charge in [-0.05, 0) is 19.1 Å². The molecular formula is C8H9ClN2O. The summed E-state index contributed by atoms with van der Waals surface area (Å²) in [7, 11) is 0. The SMILES string of the molecule is CC(=O)C(N)c1cccc(Cl)n1. The highest BCUT2D eigenvalue weighted by Crippen LogP contribution is 2.11. The molecule has 1 heterocycles. The van der Waals surface area contributed by atoms with E-state index in [1.807, 2.05) is 0 Å². The minimum absolute atomic E-state index is 0.121. The molecule has 0 amide bonds. The third-order valence-corrected chi connectivity index (χ3v) is 1.70. The summed E-state index contributed by atoms with van der Waals surface area (Å²) in [6.45, 7) is 1.42. The molecule has 4 heteroatoms. The van der Waals surface area contributed by atoms with E-state index in [0.717, 1.165) is 0 Å². The van der Waals surface area contributed by atoms with Crippen LogP contribution in [0.25, 0.3) is 0 Å². The Balaban J connectivity index is 2.95. The van der Waals surface area contributed by atoms with Crippen molar-refractivity contribution < 1.29 is 4.79 Å². The number of rotatable bonds is 2. The van der Waals surface area contributed by atoms with Crippen molar-refractivity contribution in [3.63, 3.8) is 0 Å². The number of hydrogen-bond donors (Lipinski definition) is 1. The summed E-state index contributed by atoms with van der Waals surface area (Å²) < 4.78 is 0. The van der Waals surface area contributed by atoms with Crippen LogP contribution in [0.15, 0.2) is 18.2 Å². The highest BCUT2D eigenvalue weighted by Gasteiger charge is 2.11. The Morgan fingerprint density at radius 1 is 1.67 bits per heavy atom. The van der Waals surface area contributed by atoms with Crippen molar-refractivity contribution in [3.05, 3.63) is 29.0 Å². The Morgan fingerprint density at radius 2 is 2.33 bits per heavy atom. The van der Waals surface area contributed by atoms with Crippen LogP contribution in [0.2, 0.25) is 5.15 Å². The number of halogens is 1. The number of hydrogen-bond acceptors (Lipinski definition) is 3. The summed E-state index contributed by atoms with van der Waals surface area (Å²) in [5.41, 5.74) is 6.05. The number of carbonyl (C=O) groups excluding carboxylic acids is 1.